The second kappa shape index (κ2) is 7.73. The highest BCUT2D eigenvalue weighted by Gasteiger charge is 2.24. The van der Waals surface area contributed by atoms with Gasteiger partial charge < -0.3 is 9.88 Å². The van der Waals surface area contributed by atoms with Gasteiger partial charge >= 0.3 is 0 Å². The quantitative estimate of drug-likeness (QED) is 0.729. The van der Waals surface area contributed by atoms with Gasteiger partial charge in [-0.2, -0.15) is 5.10 Å². The molecule has 0 unspecified atom stereocenters. The fourth-order valence-electron chi connectivity index (χ4n) is 3.71. The number of carbonyl (C=O) groups excluding carboxylic acids is 1. The van der Waals surface area contributed by atoms with E-state index in [4.69, 9.17) is 0 Å². The standard InChI is InChI=1S/C20H24N6O/c1-15(19-24-21-14-26(19)18-9-5-6-10-18)23-20(27)17-11-22-25(13-17)12-16-7-3-2-4-8-16/h2-4,7-8,11,13-15,18H,5-6,9-10,12H2,1H3,(H,23,27)/t15-/m0/s1. The Labute approximate surface area is 158 Å². The summed E-state index contributed by atoms with van der Waals surface area (Å²) in [7, 11) is 0. The maximum absolute atomic E-state index is 12.6. The van der Waals surface area contributed by atoms with E-state index < -0.39 is 0 Å². The summed E-state index contributed by atoms with van der Waals surface area (Å²) in [6, 6.07) is 10.3. The first-order valence-electron chi connectivity index (χ1n) is 9.47. The molecule has 0 radical (unpaired) electrons. The molecule has 0 spiro atoms. The number of hydrogen-bond donors (Lipinski definition) is 1. The Bertz CT molecular complexity index is 894. The van der Waals surface area contributed by atoms with Crippen LogP contribution < -0.4 is 5.32 Å². The molecule has 4 rings (SSSR count). The maximum atomic E-state index is 12.6. The van der Waals surface area contributed by atoms with Crippen LogP contribution in [-0.4, -0.2) is 30.5 Å². The first-order valence-corrected chi connectivity index (χ1v) is 9.47. The van der Waals surface area contributed by atoms with Crippen molar-refractivity contribution in [1.29, 1.82) is 0 Å². The van der Waals surface area contributed by atoms with Crippen molar-refractivity contribution < 1.29 is 4.79 Å². The van der Waals surface area contributed by atoms with Crippen molar-refractivity contribution in [2.45, 2.75) is 51.2 Å². The number of nitrogens with one attached hydrogen (secondary N) is 1. The van der Waals surface area contributed by atoms with Crippen LogP contribution in [0.1, 0.15) is 66.4 Å². The Morgan fingerprint density at radius 3 is 2.81 bits per heavy atom. The van der Waals surface area contributed by atoms with Gasteiger partial charge in [-0.15, -0.1) is 10.2 Å². The van der Waals surface area contributed by atoms with E-state index in [1.54, 1.807) is 23.4 Å². The van der Waals surface area contributed by atoms with Crippen LogP contribution >= 0.6 is 0 Å². The van der Waals surface area contributed by atoms with Crippen LogP contribution in [0.25, 0.3) is 0 Å². The number of rotatable bonds is 6. The van der Waals surface area contributed by atoms with Gasteiger partial charge in [-0.3, -0.25) is 9.48 Å². The molecule has 2 aromatic heterocycles. The van der Waals surface area contributed by atoms with Gasteiger partial charge in [-0.1, -0.05) is 43.2 Å². The van der Waals surface area contributed by atoms with E-state index in [2.05, 4.69) is 25.2 Å². The average Bonchev–Trinajstić information content (AvgIpc) is 3.43. The van der Waals surface area contributed by atoms with E-state index in [0.29, 0.717) is 18.2 Å². The predicted molar refractivity (Wildman–Crippen MR) is 101 cm³/mol. The molecule has 0 aliphatic heterocycles. The normalized spacial score (nSPS) is 15.7. The predicted octanol–water partition coefficient (Wildman–Crippen LogP) is 3.13. The summed E-state index contributed by atoms with van der Waals surface area (Å²) in [6.45, 7) is 2.58. The van der Waals surface area contributed by atoms with E-state index in [0.717, 1.165) is 24.2 Å². The van der Waals surface area contributed by atoms with Crippen molar-refractivity contribution in [2.75, 3.05) is 0 Å². The minimum Gasteiger partial charge on any atom is -0.342 e. The lowest BCUT2D eigenvalue weighted by atomic mass is 10.2. The number of benzene rings is 1. The van der Waals surface area contributed by atoms with Crippen LogP contribution in [0.2, 0.25) is 0 Å². The fraction of sp³-hybridized carbons (Fsp3) is 0.400. The summed E-state index contributed by atoms with van der Waals surface area (Å²) in [4.78, 5) is 12.6. The molecule has 1 saturated carbocycles. The molecule has 3 aromatic rings. The van der Waals surface area contributed by atoms with Crippen molar-refractivity contribution in [3.8, 4) is 0 Å². The molecule has 0 saturated heterocycles. The molecule has 1 amide bonds. The number of carbonyl (C=O) groups is 1. The molecule has 1 atom stereocenters. The summed E-state index contributed by atoms with van der Waals surface area (Å²) in [5.41, 5.74) is 1.69. The second-order valence-corrected chi connectivity index (χ2v) is 7.14. The van der Waals surface area contributed by atoms with E-state index in [-0.39, 0.29) is 11.9 Å². The molecule has 0 bridgehead atoms. The molecule has 2 heterocycles. The van der Waals surface area contributed by atoms with E-state index in [1.807, 2.05) is 37.3 Å². The van der Waals surface area contributed by atoms with Crippen LogP contribution in [0.4, 0.5) is 0 Å². The lowest BCUT2D eigenvalue weighted by molar-refractivity contribution is 0.0937. The van der Waals surface area contributed by atoms with E-state index in [1.165, 1.54) is 12.8 Å². The van der Waals surface area contributed by atoms with E-state index in [9.17, 15) is 4.79 Å². The van der Waals surface area contributed by atoms with Crippen molar-refractivity contribution in [1.82, 2.24) is 29.9 Å². The molecule has 1 aliphatic carbocycles. The zero-order chi connectivity index (χ0) is 18.6. The summed E-state index contributed by atoms with van der Waals surface area (Å²) in [5.74, 6) is 0.662. The molecule has 27 heavy (non-hydrogen) atoms. The molecule has 7 nitrogen and oxygen atoms in total. The monoisotopic (exact) mass is 364 g/mol. The average molecular weight is 364 g/mol. The van der Waals surface area contributed by atoms with Crippen LogP contribution in [-0.2, 0) is 6.54 Å². The highest BCUT2D eigenvalue weighted by molar-refractivity contribution is 5.93. The molecule has 1 N–H and O–H groups in total. The van der Waals surface area contributed by atoms with Gasteiger partial charge in [0, 0.05) is 12.2 Å². The van der Waals surface area contributed by atoms with Crippen LogP contribution in [0.15, 0.2) is 49.1 Å². The molecule has 7 heteroatoms. The largest absolute Gasteiger partial charge is 0.342 e. The Kier molecular flexibility index (Phi) is 5.00. The Balaban J connectivity index is 1.41. The van der Waals surface area contributed by atoms with Gasteiger partial charge in [-0.05, 0) is 25.3 Å². The summed E-state index contributed by atoms with van der Waals surface area (Å²) >= 11 is 0. The van der Waals surface area contributed by atoms with Gasteiger partial charge in [0.2, 0.25) is 0 Å². The third kappa shape index (κ3) is 3.92. The van der Waals surface area contributed by atoms with Gasteiger partial charge in [0.1, 0.15) is 6.33 Å². The van der Waals surface area contributed by atoms with Crippen LogP contribution in [0.3, 0.4) is 0 Å². The number of aromatic nitrogens is 5. The number of amides is 1. The van der Waals surface area contributed by atoms with Crippen molar-refractivity contribution in [2.24, 2.45) is 0 Å². The first kappa shape index (κ1) is 17.5. The molecule has 1 aliphatic rings. The maximum Gasteiger partial charge on any atom is 0.255 e. The Morgan fingerprint density at radius 1 is 1.26 bits per heavy atom. The molecule has 140 valence electrons. The lowest BCUT2D eigenvalue weighted by Gasteiger charge is -2.18. The molecular formula is C20H24N6O. The summed E-state index contributed by atoms with van der Waals surface area (Å²) in [5, 5.41) is 15.6. The third-order valence-electron chi connectivity index (χ3n) is 5.14. The SMILES string of the molecule is C[C@H](NC(=O)c1cnn(Cc2ccccc2)c1)c1nncn1C1CCCC1. The first-order chi connectivity index (χ1) is 13.2. The van der Waals surface area contributed by atoms with Crippen LogP contribution in [0, 0.1) is 0 Å². The van der Waals surface area contributed by atoms with Crippen molar-refractivity contribution in [3.63, 3.8) is 0 Å². The highest BCUT2D eigenvalue weighted by atomic mass is 16.1. The Morgan fingerprint density at radius 2 is 2.04 bits per heavy atom. The zero-order valence-corrected chi connectivity index (χ0v) is 15.5. The van der Waals surface area contributed by atoms with Crippen LogP contribution in [0.5, 0.6) is 0 Å². The van der Waals surface area contributed by atoms with Crippen molar-refractivity contribution in [3.05, 3.63) is 66.0 Å². The van der Waals surface area contributed by atoms with Crippen molar-refractivity contribution >= 4 is 5.91 Å². The minimum absolute atomic E-state index is 0.150. The molecular weight excluding hydrogens is 340 g/mol. The van der Waals surface area contributed by atoms with Gasteiger partial charge in [0.15, 0.2) is 5.82 Å². The smallest absolute Gasteiger partial charge is 0.255 e. The number of nitrogens with zero attached hydrogens (tertiary/aromatic N) is 5. The fourth-order valence-corrected chi connectivity index (χ4v) is 3.71. The second-order valence-electron chi connectivity index (χ2n) is 7.14. The Hall–Kier alpha value is -2.96. The lowest BCUT2D eigenvalue weighted by Crippen LogP contribution is -2.29. The molecule has 1 aromatic carbocycles. The summed E-state index contributed by atoms with van der Waals surface area (Å²) < 4.78 is 3.90. The topological polar surface area (TPSA) is 77.6 Å². The van der Waals surface area contributed by atoms with E-state index >= 15 is 0 Å². The highest BCUT2D eigenvalue weighted by Crippen LogP contribution is 2.31. The van der Waals surface area contributed by atoms with Gasteiger partial charge in [-0.25, -0.2) is 0 Å². The van der Waals surface area contributed by atoms with Gasteiger partial charge in [0.25, 0.3) is 5.91 Å². The molecule has 1 fully saturated rings. The number of hydrogen-bond acceptors (Lipinski definition) is 4. The van der Waals surface area contributed by atoms with Gasteiger partial charge in [0.05, 0.1) is 24.3 Å². The zero-order valence-electron chi connectivity index (χ0n) is 15.5. The third-order valence-corrected chi connectivity index (χ3v) is 5.14. The summed E-state index contributed by atoms with van der Waals surface area (Å²) in [6.07, 6.45) is 9.94. The minimum atomic E-state index is -0.210.